The fourth-order valence-corrected chi connectivity index (χ4v) is 2.01. The van der Waals surface area contributed by atoms with E-state index in [-0.39, 0.29) is 0 Å². The van der Waals surface area contributed by atoms with Gasteiger partial charge in [0.1, 0.15) is 0 Å². The van der Waals surface area contributed by atoms with E-state index in [1.165, 1.54) is 12.8 Å². The summed E-state index contributed by atoms with van der Waals surface area (Å²) in [4.78, 5) is 2.45. The van der Waals surface area contributed by atoms with E-state index in [2.05, 4.69) is 31.1 Å². The Balaban J connectivity index is 2.11. The minimum Gasteiger partial charge on any atom is -0.376 e. The quantitative estimate of drug-likeness (QED) is 0.725. The molecule has 90 valence electrons. The summed E-state index contributed by atoms with van der Waals surface area (Å²) < 4.78 is 5.68. The maximum atomic E-state index is 5.68. The molecule has 1 heterocycles. The molecule has 3 nitrogen and oxygen atoms in total. The second-order valence-corrected chi connectivity index (χ2v) is 4.60. The molecular weight excluding hydrogens is 188 g/mol. The van der Waals surface area contributed by atoms with Crippen molar-refractivity contribution in [3.8, 4) is 0 Å². The van der Waals surface area contributed by atoms with Gasteiger partial charge in [0.2, 0.25) is 0 Å². The van der Waals surface area contributed by atoms with Gasteiger partial charge in [-0.2, -0.15) is 0 Å². The van der Waals surface area contributed by atoms with Crippen molar-refractivity contribution in [2.75, 3.05) is 33.3 Å². The fourth-order valence-electron chi connectivity index (χ4n) is 2.01. The third kappa shape index (κ3) is 4.96. The van der Waals surface area contributed by atoms with Gasteiger partial charge < -0.3 is 15.0 Å². The van der Waals surface area contributed by atoms with Crippen LogP contribution in [-0.2, 0) is 4.74 Å². The van der Waals surface area contributed by atoms with Crippen molar-refractivity contribution in [1.82, 2.24) is 10.2 Å². The average Bonchev–Trinajstić information content (AvgIpc) is 2.27. The van der Waals surface area contributed by atoms with E-state index in [0.717, 1.165) is 32.7 Å². The van der Waals surface area contributed by atoms with Crippen LogP contribution in [0.5, 0.6) is 0 Å². The second kappa shape index (κ2) is 7.20. The first kappa shape index (κ1) is 12.9. The summed E-state index contributed by atoms with van der Waals surface area (Å²) in [5, 5.41) is 3.37. The Kier molecular flexibility index (Phi) is 6.22. The van der Waals surface area contributed by atoms with E-state index in [1.807, 2.05) is 0 Å². The highest BCUT2D eigenvalue weighted by atomic mass is 16.5. The number of nitrogens with one attached hydrogen (secondary N) is 1. The SMILES string of the molecule is CCCC(C)N(C)CCC1CNCCO1. The number of hydrogen-bond donors (Lipinski definition) is 1. The molecular formula is C12H26N2O. The van der Waals surface area contributed by atoms with Crippen LogP contribution < -0.4 is 5.32 Å². The summed E-state index contributed by atoms with van der Waals surface area (Å²) in [7, 11) is 2.22. The van der Waals surface area contributed by atoms with Crippen LogP contribution in [-0.4, -0.2) is 50.3 Å². The minimum absolute atomic E-state index is 0.426. The standard InChI is InChI=1S/C12H26N2O/c1-4-5-11(2)14(3)8-6-12-10-13-7-9-15-12/h11-13H,4-10H2,1-3H3. The second-order valence-electron chi connectivity index (χ2n) is 4.60. The van der Waals surface area contributed by atoms with Crippen LogP contribution in [0, 0.1) is 0 Å². The average molecular weight is 214 g/mol. The van der Waals surface area contributed by atoms with Crippen LogP contribution in [0.4, 0.5) is 0 Å². The molecule has 0 aromatic heterocycles. The number of hydrogen-bond acceptors (Lipinski definition) is 3. The third-order valence-electron chi connectivity index (χ3n) is 3.27. The molecule has 0 aromatic carbocycles. The van der Waals surface area contributed by atoms with Crippen LogP contribution in [0.15, 0.2) is 0 Å². The summed E-state index contributed by atoms with van der Waals surface area (Å²) in [6.07, 6.45) is 4.14. The maximum Gasteiger partial charge on any atom is 0.0712 e. The van der Waals surface area contributed by atoms with E-state index < -0.39 is 0 Å². The van der Waals surface area contributed by atoms with E-state index in [1.54, 1.807) is 0 Å². The van der Waals surface area contributed by atoms with Crippen LogP contribution in [0.25, 0.3) is 0 Å². The normalized spacial score (nSPS) is 24.4. The molecule has 0 amide bonds. The maximum absolute atomic E-state index is 5.68. The van der Waals surface area contributed by atoms with Crippen molar-refractivity contribution in [3.05, 3.63) is 0 Å². The fraction of sp³-hybridized carbons (Fsp3) is 1.00. The molecule has 0 aromatic rings. The molecule has 1 aliphatic heterocycles. The van der Waals surface area contributed by atoms with Crippen LogP contribution in [0.1, 0.15) is 33.1 Å². The van der Waals surface area contributed by atoms with Gasteiger partial charge >= 0.3 is 0 Å². The van der Waals surface area contributed by atoms with Gasteiger partial charge in [0.05, 0.1) is 12.7 Å². The number of ether oxygens (including phenoxy) is 1. The zero-order chi connectivity index (χ0) is 11.1. The van der Waals surface area contributed by atoms with Crippen molar-refractivity contribution in [1.29, 1.82) is 0 Å². The van der Waals surface area contributed by atoms with E-state index in [0.29, 0.717) is 12.1 Å². The molecule has 2 atom stereocenters. The first-order chi connectivity index (χ1) is 7.24. The summed E-state index contributed by atoms with van der Waals surface area (Å²) in [5.41, 5.74) is 0. The van der Waals surface area contributed by atoms with Gasteiger partial charge in [-0.1, -0.05) is 13.3 Å². The van der Waals surface area contributed by atoms with Crippen LogP contribution >= 0.6 is 0 Å². The molecule has 1 fully saturated rings. The number of rotatable bonds is 6. The number of morpholine rings is 1. The van der Waals surface area contributed by atoms with Crippen molar-refractivity contribution >= 4 is 0 Å². The lowest BCUT2D eigenvalue weighted by Crippen LogP contribution is -2.41. The molecule has 1 N–H and O–H groups in total. The van der Waals surface area contributed by atoms with E-state index in [9.17, 15) is 0 Å². The predicted octanol–water partition coefficient (Wildman–Crippen LogP) is 1.49. The van der Waals surface area contributed by atoms with Gasteiger partial charge in [0, 0.05) is 25.7 Å². The van der Waals surface area contributed by atoms with Crippen molar-refractivity contribution in [3.63, 3.8) is 0 Å². The Morgan fingerprint density at radius 2 is 2.33 bits per heavy atom. The lowest BCUT2D eigenvalue weighted by atomic mass is 10.1. The lowest BCUT2D eigenvalue weighted by molar-refractivity contribution is 0.0167. The van der Waals surface area contributed by atoms with Gasteiger partial charge in [-0.05, 0) is 26.8 Å². The summed E-state index contributed by atoms with van der Waals surface area (Å²) in [6.45, 7) is 8.61. The molecule has 15 heavy (non-hydrogen) atoms. The van der Waals surface area contributed by atoms with Gasteiger partial charge in [-0.15, -0.1) is 0 Å². The highest BCUT2D eigenvalue weighted by Crippen LogP contribution is 2.07. The Morgan fingerprint density at radius 1 is 1.53 bits per heavy atom. The molecule has 0 bridgehead atoms. The van der Waals surface area contributed by atoms with Crippen LogP contribution in [0.2, 0.25) is 0 Å². The largest absolute Gasteiger partial charge is 0.376 e. The third-order valence-corrected chi connectivity index (χ3v) is 3.27. The van der Waals surface area contributed by atoms with Gasteiger partial charge in [0.15, 0.2) is 0 Å². The Morgan fingerprint density at radius 3 is 2.93 bits per heavy atom. The molecule has 0 aliphatic carbocycles. The van der Waals surface area contributed by atoms with Crippen molar-refractivity contribution < 1.29 is 4.74 Å². The zero-order valence-corrected chi connectivity index (χ0v) is 10.5. The lowest BCUT2D eigenvalue weighted by Gasteiger charge is -2.28. The summed E-state index contributed by atoms with van der Waals surface area (Å²) >= 11 is 0. The minimum atomic E-state index is 0.426. The van der Waals surface area contributed by atoms with Crippen molar-refractivity contribution in [2.45, 2.75) is 45.3 Å². The predicted molar refractivity (Wildman–Crippen MR) is 64.2 cm³/mol. The van der Waals surface area contributed by atoms with E-state index in [4.69, 9.17) is 4.74 Å². The smallest absolute Gasteiger partial charge is 0.0712 e. The Hall–Kier alpha value is -0.120. The van der Waals surface area contributed by atoms with Gasteiger partial charge in [0.25, 0.3) is 0 Å². The molecule has 1 saturated heterocycles. The molecule has 1 rings (SSSR count). The molecule has 1 aliphatic rings. The highest BCUT2D eigenvalue weighted by molar-refractivity contribution is 4.70. The first-order valence-corrected chi connectivity index (χ1v) is 6.26. The summed E-state index contributed by atoms with van der Waals surface area (Å²) in [5.74, 6) is 0. The summed E-state index contributed by atoms with van der Waals surface area (Å²) in [6, 6.07) is 0.701. The zero-order valence-electron chi connectivity index (χ0n) is 10.5. The van der Waals surface area contributed by atoms with Crippen LogP contribution in [0.3, 0.4) is 0 Å². The number of nitrogens with zero attached hydrogens (tertiary/aromatic N) is 1. The van der Waals surface area contributed by atoms with Crippen molar-refractivity contribution in [2.24, 2.45) is 0 Å². The van der Waals surface area contributed by atoms with E-state index >= 15 is 0 Å². The Labute approximate surface area is 94.2 Å². The molecule has 2 unspecified atom stereocenters. The highest BCUT2D eigenvalue weighted by Gasteiger charge is 2.15. The molecule has 0 spiro atoms. The first-order valence-electron chi connectivity index (χ1n) is 6.26. The molecule has 0 radical (unpaired) electrons. The monoisotopic (exact) mass is 214 g/mol. The topological polar surface area (TPSA) is 24.5 Å². The molecule has 3 heteroatoms. The molecule has 0 saturated carbocycles. The van der Waals surface area contributed by atoms with Gasteiger partial charge in [-0.25, -0.2) is 0 Å². The van der Waals surface area contributed by atoms with Gasteiger partial charge in [-0.3, -0.25) is 0 Å². The Bertz CT molecular complexity index is 158.